The lowest BCUT2D eigenvalue weighted by molar-refractivity contribution is -0.947. The Hall–Kier alpha value is -1.68. The van der Waals surface area contributed by atoms with E-state index in [0.29, 0.717) is 0 Å². The highest BCUT2D eigenvalue weighted by Gasteiger charge is 2.39. The molecule has 0 N–H and O–H groups in total. The van der Waals surface area contributed by atoms with Crippen molar-refractivity contribution in [3.05, 3.63) is 71.8 Å². The van der Waals surface area contributed by atoms with Gasteiger partial charge in [0, 0.05) is 11.5 Å². The van der Waals surface area contributed by atoms with Gasteiger partial charge in [-0.15, -0.1) is 0 Å². The van der Waals surface area contributed by atoms with Crippen molar-refractivity contribution in [1.29, 1.82) is 0 Å². The van der Waals surface area contributed by atoms with E-state index >= 15 is 0 Å². The third-order valence-electron chi connectivity index (χ3n) is 6.22. The van der Waals surface area contributed by atoms with Crippen molar-refractivity contribution >= 4 is 0 Å². The Morgan fingerprint density at radius 1 is 0.926 bits per heavy atom. The topological polar surface area (TPSA) is 18.5 Å². The van der Waals surface area contributed by atoms with E-state index in [1.165, 1.54) is 43.5 Å². The lowest BCUT2D eigenvalue weighted by Gasteiger charge is -2.43. The number of hydrogen-bond donors (Lipinski definition) is 0. The fourth-order valence-electron chi connectivity index (χ4n) is 4.73. The summed E-state index contributed by atoms with van der Waals surface area (Å²) >= 11 is 0. The molecule has 2 aliphatic heterocycles. The molecule has 0 radical (unpaired) electrons. The van der Waals surface area contributed by atoms with Gasteiger partial charge in [0.15, 0.2) is 6.29 Å². The van der Waals surface area contributed by atoms with E-state index in [-0.39, 0.29) is 18.3 Å². The SMILES string of the molecule is CC(c1ccccc1)C1OCC(C[N+]2(Cc3ccccc3)CCCCC2)O1. The summed E-state index contributed by atoms with van der Waals surface area (Å²) in [5, 5.41) is 0. The maximum Gasteiger partial charge on any atom is 0.165 e. The highest BCUT2D eigenvalue weighted by Crippen LogP contribution is 2.30. The molecular formula is C24H32NO2+. The quantitative estimate of drug-likeness (QED) is 0.688. The number of benzene rings is 2. The summed E-state index contributed by atoms with van der Waals surface area (Å²) in [7, 11) is 0. The number of likely N-dealkylation sites (tertiary alicyclic amines) is 1. The third kappa shape index (κ3) is 4.60. The molecule has 0 bridgehead atoms. The standard InChI is InChI=1S/C24H32NO2/c1-20(22-13-7-3-8-14-22)24-26-19-23(27-24)18-25(15-9-4-10-16-25)17-21-11-5-2-6-12-21/h2-3,5-8,11-14,20,23-24H,4,9-10,15-19H2,1H3/q+1. The fraction of sp³-hybridized carbons (Fsp3) is 0.500. The van der Waals surface area contributed by atoms with Crippen LogP contribution in [0, 0.1) is 0 Å². The molecule has 3 nitrogen and oxygen atoms in total. The average molecular weight is 367 g/mol. The Morgan fingerprint density at radius 3 is 2.30 bits per heavy atom. The van der Waals surface area contributed by atoms with E-state index in [9.17, 15) is 0 Å². The molecular weight excluding hydrogens is 334 g/mol. The van der Waals surface area contributed by atoms with Crippen molar-refractivity contribution in [3.63, 3.8) is 0 Å². The predicted octanol–water partition coefficient (Wildman–Crippen LogP) is 4.73. The van der Waals surface area contributed by atoms with E-state index in [4.69, 9.17) is 9.47 Å². The minimum atomic E-state index is -0.126. The number of nitrogens with zero attached hydrogens (tertiary/aromatic N) is 1. The van der Waals surface area contributed by atoms with Crippen molar-refractivity contribution in [1.82, 2.24) is 0 Å². The van der Waals surface area contributed by atoms with Crippen LogP contribution in [0.4, 0.5) is 0 Å². The van der Waals surface area contributed by atoms with Crippen LogP contribution in [0.3, 0.4) is 0 Å². The number of hydrogen-bond acceptors (Lipinski definition) is 2. The second-order valence-corrected chi connectivity index (χ2v) is 8.33. The summed E-state index contributed by atoms with van der Waals surface area (Å²) < 4.78 is 13.6. The Kier molecular flexibility index (Phi) is 5.92. The fourth-order valence-corrected chi connectivity index (χ4v) is 4.73. The van der Waals surface area contributed by atoms with Crippen molar-refractivity contribution in [2.24, 2.45) is 0 Å². The largest absolute Gasteiger partial charge is 0.349 e. The first-order valence-corrected chi connectivity index (χ1v) is 10.5. The van der Waals surface area contributed by atoms with Gasteiger partial charge in [0.2, 0.25) is 0 Å². The molecule has 2 aliphatic rings. The van der Waals surface area contributed by atoms with Crippen LogP contribution in [0.25, 0.3) is 0 Å². The van der Waals surface area contributed by atoms with E-state index in [0.717, 1.165) is 24.2 Å². The van der Waals surface area contributed by atoms with Crippen molar-refractivity contribution < 1.29 is 14.0 Å². The van der Waals surface area contributed by atoms with Gasteiger partial charge in [-0.3, -0.25) is 0 Å². The highest BCUT2D eigenvalue weighted by atomic mass is 16.7. The van der Waals surface area contributed by atoms with E-state index in [2.05, 4.69) is 67.6 Å². The predicted molar refractivity (Wildman–Crippen MR) is 108 cm³/mol. The summed E-state index contributed by atoms with van der Waals surface area (Å²) in [6, 6.07) is 21.5. The van der Waals surface area contributed by atoms with Crippen LogP contribution < -0.4 is 0 Å². The Morgan fingerprint density at radius 2 is 1.59 bits per heavy atom. The maximum atomic E-state index is 6.41. The van der Waals surface area contributed by atoms with Gasteiger partial charge in [0.1, 0.15) is 19.2 Å². The van der Waals surface area contributed by atoms with Crippen LogP contribution in [0.2, 0.25) is 0 Å². The molecule has 2 heterocycles. The summed E-state index contributed by atoms with van der Waals surface area (Å²) in [6.07, 6.45) is 4.08. The summed E-state index contributed by atoms with van der Waals surface area (Å²) in [5.74, 6) is 0.264. The minimum Gasteiger partial charge on any atom is -0.349 e. The minimum absolute atomic E-state index is 0.126. The van der Waals surface area contributed by atoms with Gasteiger partial charge in [-0.25, -0.2) is 0 Å². The zero-order valence-electron chi connectivity index (χ0n) is 16.4. The van der Waals surface area contributed by atoms with E-state index in [1.807, 2.05) is 0 Å². The Balaban J connectivity index is 1.41. The second kappa shape index (κ2) is 8.55. The lowest BCUT2D eigenvalue weighted by atomic mass is 10.0. The first kappa shape index (κ1) is 18.7. The highest BCUT2D eigenvalue weighted by molar-refractivity contribution is 5.19. The van der Waals surface area contributed by atoms with Crippen LogP contribution in [-0.4, -0.2) is 43.1 Å². The van der Waals surface area contributed by atoms with Crippen LogP contribution in [-0.2, 0) is 16.0 Å². The van der Waals surface area contributed by atoms with Crippen molar-refractivity contribution in [3.8, 4) is 0 Å². The molecule has 3 heteroatoms. The molecule has 2 fully saturated rings. The Labute approximate surface area is 163 Å². The molecule has 2 saturated heterocycles. The van der Waals surface area contributed by atoms with Gasteiger partial charge in [0.05, 0.1) is 19.7 Å². The molecule has 4 rings (SSSR count). The van der Waals surface area contributed by atoms with Gasteiger partial charge >= 0.3 is 0 Å². The van der Waals surface area contributed by atoms with Crippen molar-refractivity contribution in [2.75, 3.05) is 26.2 Å². The van der Waals surface area contributed by atoms with E-state index in [1.54, 1.807) is 0 Å². The lowest BCUT2D eigenvalue weighted by Crippen LogP contribution is -2.54. The van der Waals surface area contributed by atoms with Crippen molar-refractivity contribution in [2.45, 2.75) is 51.0 Å². The molecule has 0 saturated carbocycles. The molecule has 3 atom stereocenters. The molecule has 2 aromatic carbocycles. The van der Waals surface area contributed by atoms with Crippen LogP contribution in [0.1, 0.15) is 43.2 Å². The molecule has 2 aromatic rings. The molecule has 3 unspecified atom stereocenters. The van der Waals surface area contributed by atoms with Crippen LogP contribution in [0.15, 0.2) is 60.7 Å². The smallest absolute Gasteiger partial charge is 0.165 e. The summed E-state index contributed by atoms with van der Waals surface area (Å²) in [5.41, 5.74) is 2.72. The number of piperidine rings is 1. The van der Waals surface area contributed by atoms with E-state index < -0.39 is 0 Å². The zero-order valence-corrected chi connectivity index (χ0v) is 16.4. The number of quaternary nitrogens is 1. The molecule has 0 aliphatic carbocycles. The first-order chi connectivity index (χ1) is 13.2. The number of ether oxygens (including phenoxy) is 2. The average Bonchev–Trinajstić information content (AvgIpc) is 3.17. The third-order valence-corrected chi connectivity index (χ3v) is 6.22. The van der Waals surface area contributed by atoms with Gasteiger partial charge in [-0.1, -0.05) is 67.6 Å². The zero-order chi connectivity index (χ0) is 18.5. The molecule has 27 heavy (non-hydrogen) atoms. The Bertz CT molecular complexity index is 697. The first-order valence-electron chi connectivity index (χ1n) is 10.5. The summed E-state index contributed by atoms with van der Waals surface area (Å²) in [6.45, 7) is 7.61. The maximum absolute atomic E-state index is 6.41. The van der Waals surface area contributed by atoms with Gasteiger partial charge in [-0.2, -0.15) is 0 Å². The second-order valence-electron chi connectivity index (χ2n) is 8.33. The summed E-state index contributed by atoms with van der Waals surface area (Å²) in [4.78, 5) is 0. The monoisotopic (exact) mass is 366 g/mol. The molecule has 0 spiro atoms. The molecule has 144 valence electrons. The molecule has 0 aromatic heterocycles. The van der Waals surface area contributed by atoms with Gasteiger partial charge < -0.3 is 14.0 Å². The van der Waals surface area contributed by atoms with Gasteiger partial charge in [0.25, 0.3) is 0 Å². The number of rotatable bonds is 6. The van der Waals surface area contributed by atoms with Crippen LogP contribution in [0.5, 0.6) is 0 Å². The normalized spacial score (nSPS) is 26.0. The van der Waals surface area contributed by atoms with Crippen LogP contribution >= 0.6 is 0 Å². The van der Waals surface area contributed by atoms with Gasteiger partial charge in [-0.05, 0) is 24.8 Å². The molecule has 0 amide bonds.